The van der Waals surface area contributed by atoms with E-state index in [0.29, 0.717) is 5.92 Å². The van der Waals surface area contributed by atoms with Crippen molar-refractivity contribution in [2.24, 2.45) is 5.92 Å². The van der Waals surface area contributed by atoms with Crippen LogP contribution < -0.4 is 5.32 Å². The van der Waals surface area contributed by atoms with Crippen molar-refractivity contribution in [1.82, 2.24) is 9.97 Å². The standard InChI is InChI=1S/C12H21N3O/c1-3-11-7-12(15-9-14-11)13-6-4-5-10(2)8-16/h7,9-10,16H,3-6,8H2,1-2H3,(H,13,14,15). The average molecular weight is 223 g/mol. The van der Waals surface area contributed by atoms with Gasteiger partial charge in [0.2, 0.25) is 0 Å². The Hall–Kier alpha value is -1.16. The first kappa shape index (κ1) is 12.9. The molecule has 0 aromatic carbocycles. The third kappa shape index (κ3) is 4.57. The Bertz CT molecular complexity index is 304. The molecule has 4 nitrogen and oxygen atoms in total. The summed E-state index contributed by atoms with van der Waals surface area (Å²) < 4.78 is 0. The zero-order valence-corrected chi connectivity index (χ0v) is 10.1. The molecule has 1 heterocycles. The van der Waals surface area contributed by atoms with Crippen LogP contribution in [0.2, 0.25) is 0 Å². The number of aromatic nitrogens is 2. The van der Waals surface area contributed by atoms with Crippen molar-refractivity contribution in [3.63, 3.8) is 0 Å². The highest BCUT2D eigenvalue weighted by Crippen LogP contribution is 2.07. The zero-order chi connectivity index (χ0) is 11.8. The Balaban J connectivity index is 2.26. The number of nitrogens with one attached hydrogen (secondary N) is 1. The molecule has 0 amide bonds. The van der Waals surface area contributed by atoms with Gasteiger partial charge in [-0.25, -0.2) is 9.97 Å². The highest BCUT2D eigenvalue weighted by molar-refractivity contribution is 5.34. The van der Waals surface area contributed by atoms with Crippen molar-refractivity contribution in [3.05, 3.63) is 18.1 Å². The predicted molar refractivity (Wildman–Crippen MR) is 65.4 cm³/mol. The van der Waals surface area contributed by atoms with E-state index in [0.717, 1.165) is 37.3 Å². The first-order chi connectivity index (χ1) is 7.76. The number of nitrogens with zero attached hydrogens (tertiary/aromatic N) is 2. The summed E-state index contributed by atoms with van der Waals surface area (Å²) in [6.07, 6.45) is 4.61. The summed E-state index contributed by atoms with van der Waals surface area (Å²) in [5.41, 5.74) is 1.06. The zero-order valence-electron chi connectivity index (χ0n) is 10.1. The van der Waals surface area contributed by atoms with Crippen LogP contribution in [0.5, 0.6) is 0 Å². The van der Waals surface area contributed by atoms with Gasteiger partial charge in [0.25, 0.3) is 0 Å². The maximum absolute atomic E-state index is 8.88. The van der Waals surface area contributed by atoms with Crippen LogP contribution in [0.3, 0.4) is 0 Å². The molecule has 0 saturated heterocycles. The second kappa shape index (κ2) is 7.17. The fourth-order valence-electron chi connectivity index (χ4n) is 1.45. The molecule has 1 aromatic heterocycles. The normalized spacial score (nSPS) is 12.4. The van der Waals surface area contributed by atoms with E-state index in [1.54, 1.807) is 6.33 Å². The van der Waals surface area contributed by atoms with Crippen LogP contribution in [0, 0.1) is 5.92 Å². The predicted octanol–water partition coefficient (Wildman–Crippen LogP) is 1.86. The summed E-state index contributed by atoms with van der Waals surface area (Å²) in [5, 5.41) is 12.1. The molecule has 1 rings (SSSR count). The molecule has 0 fully saturated rings. The molecule has 0 saturated carbocycles. The molecule has 0 bridgehead atoms. The Morgan fingerprint density at radius 1 is 1.44 bits per heavy atom. The molecule has 16 heavy (non-hydrogen) atoms. The lowest BCUT2D eigenvalue weighted by Gasteiger charge is -2.09. The lowest BCUT2D eigenvalue weighted by Crippen LogP contribution is -2.07. The fraction of sp³-hybridized carbons (Fsp3) is 0.667. The van der Waals surface area contributed by atoms with Crippen molar-refractivity contribution in [2.45, 2.75) is 33.1 Å². The van der Waals surface area contributed by atoms with Crippen LogP contribution >= 0.6 is 0 Å². The monoisotopic (exact) mass is 223 g/mol. The Labute approximate surface area is 97.1 Å². The van der Waals surface area contributed by atoms with Crippen molar-refractivity contribution in [3.8, 4) is 0 Å². The average Bonchev–Trinajstić information content (AvgIpc) is 2.34. The number of aliphatic hydroxyl groups is 1. The van der Waals surface area contributed by atoms with Gasteiger partial charge >= 0.3 is 0 Å². The third-order valence-electron chi connectivity index (χ3n) is 2.58. The third-order valence-corrected chi connectivity index (χ3v) is 2.58. The SMILES string of the molecule is CCc1cc(NCCCC(C)CO)ncn1. The van der Waals surface area contributed by atoms with E-state index >= 15 is 0 Å². The maximum Gasteiger partial charge on any atom is 0.129 e. The van der Waals surface area contributed by atoms with Gasteiger partial charge in [-0.3, -0.25) is 0 Å². The van der Waals surface area contributed by atoms with Gasteiger partial charge in [0.05, 0.1) is 0 Å². The van der Waals surface area contributed by atoms with E-state index in [-0.39, 0.29) is 6.61 Å². The fourth-order valence-corrected chi connectivity index (χ4v) is 1.45. The molecule has 0 aliphatic carbocycles. The van der Waals surface area contributed by atoms with Crippen molar-refractivity contribution >= 4 is 5.82 Å². The van der Waals surface area contributed by atoms with E-state index in [2.05, 4.69) is 29.1 Å². The quantitative estimate of drug-likeness (QED) is 0.693. The molecule has 1 atom stereocenters. The molecule has 1 aromatic rings. The first-order valence-corrected chi connectivity index (χ1v) is 5.92. The first-order valence-electron chi connectivity index (χ1n) is 5.92. The Kier molecular flexibility index (Phi) is 5.78. The van der Waals surface area contributed by atoms with Crippen LogP contribution in [-0.2, 0) is 6.42 Å². The molecule has 1 unspecified atom stereocenters. The van der Waals surface area contributed by atoms with Gasteiger partial charge in [0, 0.05) is 24.9 Å². The lowest BCUT2D eigenvalue weighted by atomic mass is 10.1. The van der Waals surface area contributed by atoms with Crippen LogP contribution in [0.4, 0.5) is 5.82 Å². The number of hydrogen-bond acceptors (Lipinski definition) is 4. The minimum atomic E-state index is 0.271. The second-order valence-electron chi connectivity index (χ2n) is 4.10. The van der Waals surface area contributed by atoms with E-state index in [9.17, 15) is 0 Å². The summed E-state index contributed by atoms with van der Waals surface area (Å²) in [6.45, 7) is 5.30. The van der Waals surface area contributed by atoms with Gasteiger partial charge in [-0.15, -0.1) is 0 Å². The molecule has 0 aliphatic heterocycles. The minimum Gasteiger partial charge on any atom is -0.396 e. The molecular weight excluding hydrogens is 202 g/mol. The Morgan fingerprint density at radius 3 is 2.94 bits per heavy atom. The molecule has 2 N–H and O–H groups in total. The van der Waals surface area contributed by atoms with Crippen LogP contribution in [0.1, 0.15) is 32.4 Å². The minimum absolute atomic E-state index is 0.271. The largest absolute Gasteiger partial charge is 0.396 e. The molecule has 90 valence electrons. The van der Waals surface area contributed by atoms with Gasteiger partial charge in [0.1, 0.15) is 12.1 Å². The van der Waals surface area contributed by atoms with Crippen LogP contribution in [0.25, 0.3) is 0 Å². The summed E-state index contributed by atoms with van der Waals surface area (Å²) in [4.78, 5) is 8.30. The van der Waals surface area contributed by atoms with Gasteiger partial charge in [-0.1, -0.05) is 13.8 Å². The van der Waals surface area contributed by atoms with E-state index in [4.69, 9.17) is 5.11 Å². The molecule has 0 spiro atoms. The molecule has 0 radical (unpaired) electrons. The lowest BCUT2D eigenvalue weighted by molar-refractivity contribution is 0.229. The van der Waals surface area contributed by atoms with Crippen molar-refractivity contribution in [2.75, 3.05) is 18.5 Å². The van der Waals surface area contributed by atoms with Gasteiger partial charge < -0.3 is 10.4 Å². The number of anilines is 1. The molecule has 4 heteroatoms. The van der Waals surface area contributed by atoms with Crippen molar-refractivity contribution < 1.29 is 5.11 Å². The number of hydrogen-bond donors (Lipinski definition) is 2. The highest BCUT2D eigenvalue weighted by Gasteiger charge is 2.00. The van der Waals surface area contributed by atoms with Crippen LogP contribution in [-0.4, -0.2) is 28.2 Å². The van der Waals surface area contributed by atoms with Crippen LogP contribution in [0.15, 0.2) is 12.4 Å². The summed E-state index contributed by atoms with van der Waals surface area (Å²) >= 11 is 0. The second-order valence-corrected chi connectivity index (χ2v) is 4.10. The van der Waals surface area contributed by atoms with E-state index in [1.165, 1.54) is 0 Å². The van der Waals surface area contributed by atoms with Gasteiger partial charge in [-0.2, -0.15) is 0 Å². The molecule has 0 aliphatic rings. The van der Waals surface area contributed by atoms with Gasteiger partial charge in [0.15, 0.2) is 0 Å². The summed E-state index contributed by atoms with van der Waals surface area (Å²) in [7, 11) is 0. The summed E-state index contributed by atoms with van der Waals surface area (Å²) in [5.74, 6) is 1.28. The Morgan fingerprint density at radius 2 is 2.25 bits per heavy atom. The number of rotatable bonds is 7. The van der Waals surface area contributed by atoms with Crippen molar-refractivity contribution in [1.29, 1.82) is 0 Å². The maximum atomic E-state index is 8.88. The summed E-state index contributed by atoms with van der Waals surface area (Å²) in [6, 6.07) is 1.98. The van der Waals surface area contributed by atoms with E-state index < -0.39 is 0 Å². The number of aliphatic hydroxyl groups excluding tert-OH is 1. The number of aryl methyl sites for hydroxylation is 1. The molecular formula is C12H21N3O. The topological polar surface area (TPSA) is 58.0 Å². The van der Waals surface area contributed by atoms with Gasteiger partial charge in [-0.05, 0) is 25.2 Å². The van der Waals surface area contributed by atoms with E-state index in [1.807, 2.05) is 6.07 Å². The highest BCUT2D eigenvalue weighted by atomic mass is 16.3. The smallest absolute Gasteiger partial charge is 0.129 e.